The molecule has 10 heteroatoms. The third-order valence-corrected chi connectivity index (χ3v) is 6.23. The van der Waals surface area contributed by atoms with E-state index in [9.17, 15) is 4.39 Å². The first kappa shape index (κ1) is 23.4. The Labute approximate surface area is 209 Å². The molecule has 0 atom stereocenters. The predicted octanol–water partition coefficient (Wildman–Crippen LogP) is 6.16. The van der Waals surface area contributed by atoms with Crippen LogP contribution in [0, 0.1) is 19.7 Å². The average Bonchev–Trinajstić information content (AvgIpc) is 3.31. The van der Waals surface area contributed by atoms with Gasteiger partial charge >= 0.3 is 0 Å². The molecule has 2 heterocycles. The fourth-order valence-corrected chi connectivity index (χ4v) is 4.14. The average molecular weight is 548 g/mol. The second kappa shape index (κ2) is 10.0. The molecule has 170 valence electrons. The standard InChI is InChI=1S/C23H21BrClFN6S/c1-14-22(15(2)32(30-14)13-19-20(25)4-3-5-21(19)26)29-23(33)28-18-10-27-31(12-18)11-16-6-8-17(24)9-7-16/h3-10,12H,11,13H2,1-2H3,(H2,28,29,33). The maximum atomic E-state index is 14.2. The van der Waals surface area contributed by atoms with Crippen LogP contribution >= 0.6 is 39.7 Å². The molecule has 2 N–H and O–H groups in total. The molecule has 0 saturated heterocycles. The lowest BCUT2D eigenvalue weighted by Gasteiger charge is -2.11. The molecule has 4 aromatic rings. The predicted molar refractivity (Wildman–Crippen MR) is 138 cm³/mol. The quantitative estimate of drug-likeness (QED) is 0.283. The van der Waals surface area contributed by atoms with Gasteiger partial charge in [-0.25, -0.2) is 4.39 Å². The first-order valence-corrected chi connectivity index (χ1v) is 11.7. The van der Waals surface area contributed by atoms with Crippen LogP contribution in [0.2, 0.25) is 5.02 Å². The van der Waals surface area contributed by atoms with E-state index in [1.807, 2.05) is 49.0 Å². The van der Waals surface area contributed by atoms with Crippen molar-refractivity contribution < 1.29 is 4.39 Å². The van der Waals surface area contributed by atoms with Gasteiger partial charge in [-0.2, -0.15) is 10.2 Å². The third-order valence-electron chi connectivity index (χ3n) is 5.14. The molecule has 33 heavy (non-hydrogen) atoms. The van der Waals surface area contributed by atoms with Crippen molar-refractivity contribution in [3.05, 3.63) is 92.7 Å². The van der Waals surface area contributed by atoms with Gasteiger partial charge in [-0.1, -0.05) is 45.7 Å². The molecular formula is C23H21BrClFN6S. The second-order valence-corrected chi connectivity index (χ2v) is 9.27. The minimum Gasteiger partial charge on any atom is -0.330 e. The SMILES string of the molecule is Cc1nn(Cc2c(F)cccc2Cl)c(C)c1NC(=S)Nc1cnn(Cc2ccc(Br)cc2)c1. The summed E-state index contributed by atoms with van der Waals surface area (Å²) < 4.78 is 18.8. The van der Waals surface area contributed by atoms with Gasteiger partial charge in [0.1, 0.15) is 5.82 Å². The van der Waals surface area contributed by atoms with Crippen LogP contribution in [0.1, 0.15) is 22.5 Å². The van der Waals surface area contributed by atoms with Gasteiger partial charge in [0, 0.05) is 21.3 Å². The number of hydrogen-bond donors (Lipinski definition) is 2. The Balaban J connectivity index is 1.42. The van der Waals surface area contributed by atoms with E-state index < -0.39 is 0 Å². The Kier molecular flexibility index (Phi) is 7.11. The lowest BCUT2D eigenvalue weighted by atomic mass is 10.2. The van der Waals surface area contributed by atoms with Crippen molar-refractivity contribution in [1.29, 1.82) is 0 Å². The Morgan fingerprint density at radius 2 is 1.88 bits per heavy atom. The van der Waals surface area contributed by atoms with Crippen molar-refractivity contribution in [1.82, 2.24) is 19.6 Å². The summed E-state index contributed by atoms with van der Waals surface area (Å²) in [7, 11) is 0. The Hall–Kier alpha value is -2.75. The third kappa shape index (κ3) is 5.61. The number of nitrogens with one attached hydrogen (secondary N) is 2. The molecule has 4 rings (SSSR count). The fraction of sp³-hybridized carbons (Fsp3) is 0.174. The van der Waals surface area contributed by atoms with Gasteiger partial charge in [0.05, 0.1) is 42.0 Å². The largest absolute Gasteiger partial charge is 0.330 e. The molecule has 6 nitrogen and oxygen atoms in total. The van der Waals surface area contributed by atoms with Gasteiger partial charge in [0.2, 0.25) is 0 Å². The molecule has 0 bridgehead atoms. The van der Waals surface area contributed by atoms with Crippen LogP contribution in [-0.2, 0) is 13.1 Å². The molecule has 0 amide bonds. The lowest BCUT2D eigenvalue weighted by molar-refractivity contribution is 0.579. The topological polar surface area (TPSA) is 59.7 Å². The molecule has 0 aliphatic heterocycles. The summed E-state index contributed by atoms with van der Waals surface area (Å²) in [6, 6.07) is 12.7. The minimum absolute atomic E-state index is 0.225. The van der Waals surface area contributed by atoms with Crippen LogP contribution in [0.4, 0.5) is 15.8 Å². The normalized spacial score (nSPS) is 10.9. The number of halogens is 3. The fourth-order valence-electron chi connectivity index (χ4n) is 3.43. The number of nitrogens with zero attached hydrogens (tertiary/aromatic N) is 4. The summed E-state index contributed by atoms with van der Waals surface area (Å²) in [5, 5.41) is 16.0. The maximum Gasteiger partial charge on any atom is 0.175 e. The van der Waals surface area contributed by atoms with E-state index in [1.54, 1.807) is 23.0 Å². The van der Waals surface area contributed by atoms with Crippen molar-refractivity contribution in [3.63, 3.8) is 0 Å². The summed E-state index contributed by atoms with van der Waals surface area (Å²) in [4.78, 5) is 0. The number of anilines is 2. The second-order valence-electron chi connectivity index (χ2n) is 7.54. The molecule has 0 aliphatic carbocycles. The Morgan fingerprint density at radius 3 is 2.61 bits per heavy atom. The number of aryl methyl sites for hydroxylation is 1. The van der Waals surface area contributed by atoms with Gasteiger partial charge in [-0.15, -0.1) is 0 Å². The highest BCUT2D eigenvalue weighted by Gasteiger charge is 2.16. The van der Waals surface area contributed by atoms with E-state index in [0.717, 1.165) is 32.8 Å². The highest BCUT2D eigenvalue weighted by atomic mass is 79.9. The van der Waals surface area contributed by atoms with Gasteiger partial charge in [0.15, 0.2) is 5.11 Å². The van der Waals surface area contributed by atoms with Crippen molar-refractivity contribution in [2.45, 2.75) is 26.9 Å². The summed E-state index contributed by atoms with van der Waals surface area (Å²) in [6.07, 6.45) is 3.61. The Bertz CT molecular complexity index is 1280. The van der Waals surface area contributed by atoms with Gasteiger partial charge < -0.3 is 10.6 Å². The lowest BCUT2D eigenvalue weighted by Crippen LogP contribution is -2.19. The van der Waals surface area contributed by atoms with Gasteiger partial charge in [-0.05, 0) is 55.9 Å². The van der Waals surface area contributed by atoms with E-state index in [4.69, 9.17) is 23.8 Å². The van der Waals surface area contributed by atoms with Gasteiger partial charge in [-0.3, -0.25) is 9.36 Å². The summed E-state index contributed by atoms with van der Waals surface area (Å²) >= 11 is 15.1. The first-order valence-electron chi connectivity index (χ1n) is 10.1. The van der Waals surface area contributed by atoms with E-state index in [1.165, 1.54) is 6.07 Å². The zero-order valence-corrected chi connectivity index (χ0v) is 21.1. The smallest absolute Gasteiger partial charge is 0.175 e. The van der Waals surface area contributed by atoms with E-state index >= 15 is 0 Å². The number of benzene rings is 2. The number of aromatic nitrogens is 4. The van der Waals surface area contributed by atoms with Crippen LogP contribution in [0.25, 0.3) is 0 Å². The molecule has 0 unspecified atom stereocenters. The number of thiocarbonyl (C=S) groups is 1. The van der Waals surface area contributed by atoms with Crippen LogP contribution in [0.15, 0.2) is 59.3 Å². The number of rotatable bonds is 6. The van der Waals surface area contributed by atoms with Crippen molar-refractivity contribution >= 4 is 56.2 Å². The van der Waals surface area contributed by atoms with E-state index in [-0.39, 0.29) is 12.4 Å². The monoisotopic (exact) mass is 546 g/mol. The van der Waals surface area contributed by atoms with Crippen LogP contribution < -0.4 is 10.6 Å². The zero-order chi connectivity index (χ0) is 23.5. The molecule has 0 aliphatic rings. The van der Waals surface area contributed by atoms with E-state index in [2.05, 4.69) is 36.8 Å². The van der Waals surface area contributed by atoms with Crippen molar-refractivity contribution in [2.24, 2.45) is 0 Å². The number of hydrogen-bond acceptors (Lipinski definition) is 3. The Morgan fingerprint density at radius 1 is 1.12 bits per heavy atom. The molecule has 0 spiro atoms. The molecule has 0 fully saturated rings. The van der Waals surface area contributed by atoms with Crippen LogP contribution in [-0.4, -0.2) is 24.7 Å². The molecule has 2 aromatic carbocycles. The molecule has 0 saturated carbocycles. The van der Waals surface area contributed by atoms with Crippen LogP contribution in [0.3, 0.4) is 0 Å². The highest BCUT2D eigenvalue weighted by Crippen LogP contribution is 2.24. The minimum atomic E-state index is -0.359. The van der Waals surface area contributed by atoms with Crippen LogP contribution in [0.5, 0.6) is 0 Å². The summed E-state index contributed by atoms with van der Waals surface area (Å²) in [6.45, 7) is 4.64. The van der Waals surface area contributed by atoms with Gasteiger partial charge in [0.25, 0.3) is 0 Å². The molecule has 0 radical (unpaired) electrons. The first-order chi connectivity index (χ1) is 15.8. The summed E-state index contributed by atoms with van der Waals surface area (Å²) in [5.41, 5.74) is 4.64. The maximum absolute atomic E-state index is 14.2. The summed E-state index contributed by atoms with van der Waals surface area (Å²) in [5.74, 6) is -0.359. The molecular weight excluding hydrogens is 527 g/mol. The molecule has 2 aromatic heterocycles. The van der Waals surface area contributed by atoms with E-state index in [0.29, 0.717) is 22.2 Å². The van der Waals surface area contributed by atoms with Crippen molar-refractivity contribution in [3.8, 4) is 0 Å². The zero-order valence-electron chi connectivity index (χ0n) is 17.9. The van der Waals surface area contributed by atoms with Crippen molar-refractivity contribution in [2.75, 3.05) is 10.6 Å². The highest BCUT2D eigenvalue weighted by molar-refractivity contribution is 9.10.